The predicted octanol–water partition coefficient (Wildman–Crippen LogP) is 1.28. The number of anilines is 1. The maximum absolute atomic E-state index is 10.5. The molecule has 0 aliphatic heterocycles. The molecule has 0 saturated heterocycles. The van der Waals surface area contributed by atoms with E-state index < -0.39 is 12.0 Å². The summed E-state index contributed by atoms with van der Waals surface area (Å²) in [4.78, 5) is 14.4. The molecule has 1 aromatic rings. The van der Waals surface area contributed by atoms with Crippen LogP contribution < -0.4 is 5.32 Å². The average molecular weight is 180 g/mol. The lowest BCUT2D eigenvalue weighted by atomic mass is 10.2. The van der Waals surface area contributed by atoms with Crippen molar-refractivity contribution in [1.29, 1.82) is 0 Å². The van der Waals surface area contributed by atoms with Crippen molar-refractivity contribution < 1.29 is 9.90 Å². The molecule has 4 nitrogen and oxygen atoms in total. The van der Waals surface area contributed by atoms with Crippen LogP contribution >= 0.6 is 0 Å². The van der Waals surface area contributed by atoms with Crippen molar-refractivity contribution in [2.45, 2.75) is 19.9 Å². The summed E-state index contributed by atoms with van der Waals surface area (Å²) in [5.74, 6) is -0.865. The van der Waals surface area contributed by atoms with Crippen molar-refractivity contribution >= 4 is 11.7 Å². The first-order chi connectivity index (χ1) is 6.11. The Morgan fingerprint density at radius 2 is 2.38 bits per heavy atom. The van der Waals surface area contributed by atoms with Gasteiger partial charge < -0.3 is 10.4 Å². The standard InChI is InChI=1S/C9H12N2O2/c1-6-5-10-4-3-8(6)11-7(2)9(12)13/h3-5,7H,1-2H3,(H,10,11)(H,12,13). The molecular weight excluding hydrogens is 168 g/mol. The van der Waals surface area contributed by atoms with Crippen LogP contribution in [0.15, 0.2) is 18.5 Å². The van der Waals surface area contributed by atoms with E-state index in [9.17, 15) is 4.79 Å². The number of carboxylic acid groups (broad SMARTS) is 1. The first kappa shape index (κ1) is 9.51. The van der Waals surface area contributed by atoms with Crippen molar-refractivity contribution in [1.82, 2.24) is 4.98 Å². The predicted molar refractivity (Wildman–Crippen MR) is 49.7 cm³/mol. The molecule has 0 bridgehead atoms. The summed E-state index contributed by atoms with van der Waals surface area (Å²) in [6.45, 7) is 3.48. The van der Waals surface area contributed by atoms with Gasteiger partial charge in [-0.25, -0.2) is 0 Å². The zero-order valence-corrected chi connectivity index (χ0v) is 7.61. The lowest BCUT2D eigenvalue weighted by molar-refractivity contribution is -0.137. The molecule has 2 N–H and O–H groups in total. The number of aromatic nitrogens is 1. The van der Waals surface area contributed by atoms with Gasteiger partial charge in [0.25, 0.3) is 0 Å². The molecule has 1 rings (SSSR count). The topological polar surface area (TPSA) is 62.2 Å². The molecule has 0 spiro atoms. The second-order valence-electron chi connectivity index (χ2n) is 2.89. The maximum atomic E-state index is 10.5. The normalized spacial score (nSPS) is 12.2. The van der Waals surface area contributed by atoms with Gasteiger partial charge in [-0.2, -0.15) is 0 Å². The van der Waals surface area contributed by atoms with Gasteiger partial charge in [-0.1, -0.05) is 0 Å². The number of hydrogen-bond acceptors (Lipinski definition) is 3. The molecule has 1 unspecified atom stereocenters. The van der Waals surface area contributed by atoms with E-state index in [4.69, 9.17) is 5.11 Å². The molecule has 13 heavy (non-hydrogen) atoms. The first-order valence-corrected chi connectivity index (χ1v) is 4.01. The molecule has 0 radical (unpaired) electrons. The van der Waals surface area contributed by atoms with Crippen LogP contribution in [-0.2, 0) is 4.79 Å². The lowest BCUT2D eigenvalue weighted by Crippen LogP contribution is -2.25. The number of hydrogen-bond donors (Lipinski definition) is 2. The molecule has 0 aliphatic carbocycles. The SMILES string of the molecule is Cc1cnccc1NC(C)C(=O)O. The van der Waals surface area contributed by atoms with Crippen molar-refractivity contribution in [3.63, 3.8) is 0 Å². The first-order valence-electron chi connectivity index (χ1n) is 4.01. The lowest BCUT2D eigenvalue weighted by Gasteiger charge is -2.12. The molecule has 1 aromatic heterocycles. The Kier molecular flexibility index (Phi) is 2.84. The molecule has 70 valence electrons. The van der Waals surface area contributed by atoms with Crippen LogP contribution in [0.5, 0.6) is 0 Å². The molecular formula is C9H12N2O2. The quantitative estimate of drug-likeness (QED) is 0.735. The van der Waals surface area contributed by atoms with Gasteiger partial charge in [0.05, 0.1) is 0 Å². The summed E-state index contributed by atoms with van der Waals surface area (Å²) >= 11 is 0. The second kappa shape index (κ2) is 3.89. The molecule has 0 aliphatic rings. The van der Waals surface area contributed by atoms with Gasteiger partial charge in [-0.3, -0.25) is 9.78 Å². The molecule has 0 amide bonds. The fourth-order valence-electron chi connectivity index (χ4n) is 0.930. The van der Waals surface area contributed by atoms with Gasteiger partial charge in [-0.05, 0) is 25.5 Å². The number of aliphatic carboxylic acids is 1. The van der Waals surface area contributed by atoms with Crippen LogP contribution in [0.3, 0.4) is 0 Å². The maximum Gasteiger partial charge on any atom is 0.325 e. The van der Waals surface area contributed by atoms with Gasteiger partial charge in [-0.15, -0.1) is 0 Å². The number of pyridine rings is 1. The van der Waals surface area contributed by atoms with Crippen LogP contribution in [0.25, 0.3) is 0 Å². The van der Waals surface area contributed by atoms with E-state index in [1.165, 1.54) is 0 Å². The van der Waals surface area contributed by atoms with Crippen molar-refractivity contribution in [3.05, 3.63) is 24.0 Å². The number of carbonyl (C=O) groups is 1. The summed E-state index contributed by atoms with van der Waals surface area (Å²) in [5.41, 5.74) is 1.75. The highest BCUT2D eigenvalue weighted by atomic mass is 16.4. The average Bonchev–Trinajstić information content (AvgIpc) is 2.08. The highest BCUT2D eigenvalue weighted by Crippen LogP contribution is 2.12. The molecule has 1 atom stereocenters. The molecule has 0 aromatic carbocycles. The third-order valence-corrected chi connectivity index (χ3v) is 1.76. The Bertz CT molecular complexity index is 312. The Morgan fingerprint density at radius 1 is 1.69 bits per heavy atom. The smallest absolute Gasteiger partial charge is 0.325 e. The minimum absolute atomic E-state index is 0.582. The Hall–Kier alpha value is -1.58. The second-order valence-corrected chi connectivity index (χ2v) is 2.89. The number of rotatable bonds is 3. The van der Waals surface area contributed by atoms with Gasteiger partial charge >= 0.3 is 5.97 Å². The minimum atomic E-state index is -0.865. The van der Waals surface area contributed by atoms with E-state index in [1.807, 2.05) is 6.92 Å². The van der Waals surface area contributed by atoms with E-state index in [2.05, 4.69) is 10.3 Å². The number of aryl methyl sites for hydroxylation is 1. The molecule has 0 fully saturated rings. The highest BCUT2D eigenvalue weighted by molar-refractivity contribution is 5.77. The third-order valence-electron chi connectivity index (χ3n) is 1.76. The van der Waals surface area contributed by atoms with Gasteiger partial charge in [0, 0.05) is 18.1 Å². The summed E-state index contributed by atoms with van der Waals surface area (Å²) in [6.07, 6.45) is 3.32. The number of nitrogens with one attached hydrogen (secondary N) is 1. The van der Waals surface area contributed by atoms with Crippen molar-refractivity contribution in [2.75, 3.05) is 5.32 Å². The highest BCUT2D eigenvalue weighted by Gasteiger charge is 2.10. The Morgan fingerprint density at radius 3 is 2.92 bits per heavy atom. The monoisotopic (exact) mass is 180 g/mol. The van der Waals surface area contributed by atoms with Gasteiger partial charge in [0.2, 0.25) is 0 Å². The van der Waals surface area contributed by atoms with E-state index in [-0.39, 0.29) is 0 Å². The Labute approximate surface area is 76.6 Å². The van der Waals surface area contributed by atoms with E-state index in [0.717, 1.165) is 11.3 Å². The van der Waals surface area contributed by atoms with Crippen LogP contribution in [0.1, 0.15) is 12.5 Å². The van der Waals surface area contributed by atoms with Crippen molar-refractivity contribution in [3.8, 4) is 0 Å². The molecule has 1 heterocycles. The molecule has 0 saturated carbocycles. The van der Waals surface area contributed by atoms with Crippen LogP contribution in [0.4, 0.5) is 5.69 Å². The summed E-state index contributed by atoms with van der Waals surface area (Å²) in [7, 11) is 0. The van der Waals surface area contributed by atoms with Crippen molar-refractivity contribution in [2.24, 2.45) is 0 Å². The fourth-order valence-corrected chi connectivity index (χ4v) is 0.930. The zero-order chi connectivity index (χ0) is 9.84. The zero-order valence-electron chi connectivity index (χ0n) is 7.61. The summed E-state index contributed by atoms with van der Waals surface area (Å²) < 4.78 is 0. The third kappa shape index (κ3) is 2.43. The van der Waals surface area contributed by atoms with Gasteiger partial charge in [0.15, 0.2) is 0 Å². The minimum Gasteiger partial charge on any atom is -0.480 e. The number of nitrogens with zero attached hydrogens (tertiary/aromatic N) is 1. The van der Waals surface area contributed by atoms with E-state index >= 15 is 0 Å². The van der Waals surface area contributed by atoms with Crippen LogP contribution in [-0.4, -0.2) is 22.1 Å². The van der Waals surface area contributed by atoms with Gasteiger partial charge in [0.1, 0.15) is 6.04 Å². The Balaban J connectivity index is 2.74. The van der Waals surface area contributed by atoms with Crippen LogP contribution in [0.2, 0.25) is 0 Å². The summed E-state index contributed by atoms with van der Waals surface area (Å²) in [5, 5.41) is 11.5. The summed E-state index contributed by atoms with van der Waals surface area (Å²) in [6, 6.07) is 1.18. The molecule has 4 heteroatoms. The van der Waals surface area contributed by atoms with E-state index in [1.54, 1.807) is 25.4 Å². The van der Waals surface area contributed by atoms with E-state index in [0.29, 0.717) is 0 Å². The largest absolute Gasteiger partial charge is 0.480 e. The number of carboxylic acids is 1. The fraction of sp³-hybridized carbons (Fsp3) is 0.333. The van der Waals surface area contributed by atoms with Crippen LogP contribution in [0, 0.1) is 6.92 Å².